The molecule has 168 valence electrons. The maximum atomic E-state index is 13.5. The molecular formula is C23H24BrN3O5. The van der Waals surface area contributed by atoms with Gasteiger partial charge < -0.3 is 14.8 Å². The number of nitrogens with zero attached hydrogens (tertiary/aromatic N) is 2. The minimum atomic E-state index is -1.33. The van der Waals surface area contributed by atoms with Crippen LogP contribution in [0.5, 0.6) is 11.5 Å². The quantitative estimate of drug-likeness (QED) is 0.492. The van der Waals surface area contributed by atoms with Gasteiger partial charge in [-0.3, -0.25) is 19.8 Å². The Kier molecular flexibility index (Phi) is 5.13. The van der Waals surface area contributed by atoms with Crippen molar-refractivity contribution in [3.8, 4) is 11.5 Å². The van der Waals surface area contributed by atoms with E-state index in [1.54, 1.807) is 7.11 Å². The molecule has 4 atom stereocenters. The molecule has 1 amide bonds. The molecule has 3 heterocycles. The van der Waals surface area contributed by atoms with Gasteiger partial charge in [-0.05, 0) is 59.5 Å². The molecule has 3 aliphatic heterocycles. The molecular weight excluding hydrogens is 478 g/mol. The number of hydrogen-bond donors (Lipinski definition) is 1. The molecule has 0 aliphatic carbocycles. The zero-order valence-corrected chi connectivity index (χ0v) is 19.4. The van der Waals surface area contributed by atoms with Crippen molar-refractivity contribution in [1.82, 2.24) is 4.90 Å². The molecule has 9 heteroatoms. The first-order valence-electron chi connectivity index (χ1n) is 10.8. The van der Waals surface area contributed by atoms with Gasteiger partial charge in [0.15, 0.2) is 17.0 Å². The van der Waals surface area contributed by atoms with E-state index in [1.807, 2.05) is 43.3 Å². The molecule has 8 nitrogen and oxygen atoms in total. The predicted octanol–water partition coefficient (Wildman–Crippen LogP) is 3.91. The van der Waals surface area contributed by atoms with Crippen molar-refractivity contribution in [2.45, 2.75) is 43.3 Å². The van der Waals surface area contributed by atoms with Crippen molar-refractivity contribution in [3.63, 3.8) is 0 Å². The highest BCUT2D eigenvalue weighted by Crippen LogP contribution is 2.58. The van der Waals surface area contributed by atoms with Gasteiger partial charge in [-0.1, -0.05) is 18.2 Å². The summed E-state index contributed by atoms with van der Waals surface area (Å²) in [5.41, 5.74) is 0.790. The number of halogens is 1. The van der Waals surface area contributed by atoms with Gasteiger partial charge in [0.1, 0.15) is 0 Å². The summed E-state index contributed by atoms with van der Waals surface area (Å²) in [6, 6.07) is 9.78. The van der Waals surface area contributed by atoms with Crippen LogP contribution in [0.25, 0.3) is 0 Å². The Balaban J connectivity index is 1.73. The fraction of sp³-hybridized carbons (Fsp3) is 0.435. The monoisotopic (exact) mass is 501 g/mol. The number of para-hydroxylation sites is 1. The molecule has 0 aromatic heterocycles. The summed E-state index contributed by atoms with van der Waals surface area (Å²) in [6.07, 6.45) is 1.68. The van der Waals surface area contributed by atoms with Crippen LogP contribution in [0.2, 0.25) is 0 Å². The third-order valence-electron chi connectivity index (χ3n) is 7.01. The minimum absolute atomic E-state index is 0.128. The van der Waals surface area contributed by atoms with E-state index in [4.69, 9.17) is 9.47 Å². The first kappa shape index (κ1) is 21.2. The fourth-order valence-corrected chi connectivity index (χ4v) is 6.64. The van der Waals surface area contributed by atoms with Gasteiger partial charge in [-0.2, -0.15) is 0 Å². The van der Waals surface area contributed by atoms with Gasteiger partial charge in [0, 0.05) is 28.8 Å². The molecule has 2 saturated heterocycles. The van der Waals surface area contributed by atoms with Crippen molar-refractivity contribution in [2.24, 2.45) is 0 Å². The summed E-state index contributed by atoms with van der Waals surface area (Å²) in [6.45, 7) is 2.96. The number of amides is 1. The van der Waals surface area contributed by atoms with Crippen LogP contribution in [0.4, 0.5) is 5.69 Å². The minimum Gasteiger partial charge on any atom is -0.492 e. The molecule has 5 rings (SSSR count). The number of fused-ring (bicyclic) bond motifs is 4. The number of carbonyl (C=O) groups excluding carboxylic acids is 1. The number of hydrogen-bond acceptors (Lipinski definition) is 6. The normalized spacial score (nSPS) is 28.5. The second-order valence-electron chi connectivity index (χ2n) is 8.39. The molecule has 0 radical (unpaired) electrons. The summed E-state index contributed by atoms with van der Waals surface area (Å²) in [4.78, 5) is 28.0. The van der Waals surface area contributed by atoms with E-state index in [1.165, 1.54) is 0 Å². The molecule has 2 fully saturated rings. The van der Waals surface area contributed by atoms with Gasteiger partial charge in [-0.25, -0.2) is 0 Å². The summed E-state index contributed by atoms with van der Waals surface area (Å²) >= 11 is 3.55. The van der Waals surface area contributed by atoms with E-state index in [0.29, 0.717) is 40.4 Å². The lowest BCUT2D eigenvalue weighted by atomic mass is 9.77. The molecule has 2 aromatic carbocycles. The molecule has 0 bridgehead atoms. The lowest BCUT2D eigenvalue weighted by molar-refractivity contribution is -0.534. The number of methoxy groups -OCH3 is 1. The first-order chi connectivity index (χ1) is 15.4. The largest absolute Gasteiger partial charge is 0.492 e. The van der Waals surface area contributed by atoms with E-state index in [-0.39, 0.29) is 16.9 Å². The van der Waals surface area contributed by atoms with Gasteiger partial charge >= 0.3 is 0 Å². The average Bonchev–Trinajstić information content (AvgIpc) is 3.41. The number of carbonyl (C=O) groups is 1. The Bertz CT molecular complexity index is 1110. The molecule has 2 aromatic rings. The number of ether oxygens (including phenoxy) is 2. The second kappa shape index (κ2) is 7.74. The molecule has 32 heavy (non-hydrogen) atoms. The molecule has 0 unspecified atom stereocenters. The van der Waals surface area contributed by atoms with Crippen molar-refractivity contribution in [2.75, 3.05) is 25.6 Å². The third-order valence-corrected chi connectivity index (χ3v) is 7.60. The lowest BCUT2D eigenvalue weighted by Gasteiger charge is -2.32. The predicted molar refractivity (Wildman–Crippen MR) is 122 cm³/mol. The molecule has 1 spiro atoms. The zero-order chi connectivity index (χ0) is 22.6. The first-order valence-corrected chi connectivity index (χ1v) is 11.6. The third kappa shape index (κ3) is 2.73. The Morgan fingerprint density at radius 3 is 2.84 bits per heavy atom. The van der Waals surface area contributed by atoms with E-state index >= 15 is 0 Å². The van der Waals surface area contributed by atoms with Crippen LogP contribution in [-0.2, 0) is 10.3 Å². The Labute approximate surface area is 194 Å². The van der Waals surface area contributed by atoms with Crippen molar-refractivity contribution in [3.05, 3.63) is 62.1 Å². The highest BCUT2D eigenvalue weighted by Gasteiger charge is 2.73. The van der Waals surface area contributed by atoms with Crippen LogP contribution in [0.3, 0.4) is 0 Å². The molecule has 3 aliphatic rings. The van der Waals surface area contributed by atoms with Gasteiger partial charge in [-0.15, -0.1) is 0 Å². The number of nitrogens with one attached hydrogen (secondary N) is 1. The van der Waals surface area contributed by atoms with Gasteiger partial charge in [0.25, 0.3) is 11.9 Å². The highest BCUT2D eigenvalue weighted by atomic mass is 79.9. The van der Waals surface area contributed by atoms with Gasteiger partial charge in [0.2, 0.25) is 0 Å². The standard InChI is InChI=1S/C23H24BrN3O5/c1-3-32-18-12-13(11-15(24)20(18)31-2)19-17-9-6-10-26(17)23(21(19)27(29)30)14-7-4-5-8-16(14)25-22(23)28/h4-5,7-8,11-12,17,19,21H,3,6,9-10H2,1-2H3,(H,25,28)/t17-,19+,21-,23+/m0/s1. The van der Waals surface area contributed by atoms with Crippen molar-refractivity contribution >= 4 is 27.5 Å². The fourth-order valence-electron chi connectivity index (χ4n) is 6.02. The molecule has 0 saturated carbocycles. The Morgan fingerprint density at radius 2 is 2.12 bits per heavy atom. The van der Waals surface area contributed by atoms with Crippen LogP contribution < -0.4 is 14.8 Å². The highest BCUT2D eigenvalue weighted by molar-refractivity contribution is 9.10. The van der Waals surface area contributed by atoms with Crippen molar-refractivity contribution in [1.29, 1.82) is 0 Å². The number of anilines is 1. The maximum Gasteiger partial charge on any atom is 0.256 e. The van der Waals surface area contributed by atoms with Crippen LogP contribution in [0, 0.1) is 10.1 Å². The van der Waals surface area contributed by atoms with Crippen LogP contribution in [-0.4, -0.2) is 48.1 Å². The average molecular weight is 502 g/mol. The summed E-state index contributed by atoms with van der Waals surface area (Å²) in [7, 11) is 1.56. The second-order valence-corrected chi connectivity index (χ2v) is 9.25. The smallest absolute Gasteiger partial charge is 0.256 e. The zero-order valence-electron chi connectivity index (χ0n) is 17.8. The summed E-state index contributed by atoms with van der Waals surface area (Å²) in [5.74, 6) is 0.287. The Hall–Kier alpha value is -2.65. The van der Waals surface area contributed by atoms with Crippen LogP contribution in [0.15, 0.2) is 40.9 Å². The number of rotatable bonds is 5. The van der Waals surface area contributed by atoms with E-state index in [0.717, 1.165) is 18.4 Å². The van der Waals surface area contributed by atoms with Crippen molar-refractivity contribution < 1.29 is 19.2 Å². The molecule has 1 N–H and O–H groups in total. The van der Waals surface area contributed by atoms with Gasteiger partial charge in [0.05, 0.1) is 24.1 Å². The SMILES string of the molecule is CCOc1cc([C@H]2[C@H]([N+](=O)[O-])[C@]3(C(=O)Nc4ccccc43)N3CCC[C@@H]23)cc(Br)c1OC. The number of nitro groups is 1. The summed E-state index contributed by atoms with van der Waals surface area (Å²) < 4.78 is 11.9. The Morgan fingerprint density at radius 1 is 1.34 bits per heavy atom. The lowest BCUT2D eigenvalue weighted by Crippen LogP contribution is -2.55. The number of benzene rings is 2. The van der Waals surface area contributed by atoms with E-state index in [9.17, 15) is 14.9 Å². The maximum absolute atomic E-state index is 13.5. The summed E-state index contributed by atoms with van der Waals surface area (Å²) in [5, 5.41) is 15.6. The van der Waals surface area contributed by atoms with Crippen LogP contribution >= 0.6 is 15.9 Å². The van der Waals surface area contributed by atoms with E-state index < -0.39 is 17.5 Å². The topological polar surface area (TPSA) is 93.9 Å². The van der Waals surface area contributed by atoms with Crippen LogP contribution in [0.1, 0.15) is 36.8 Å². The van der Waals surface area contributed by atoms with E-state index in [2.05, 4.69) is 26.1 Å².